The van der Waals surface area contributed by atoms with Crippen molar-refractivity contribution in [2.24, 2.45) is 0 Å². The minimum atomic E-state index is -0.987. The molecule has 0 saturated carbocycles. The van der Waals surface area contributed by atoms with E-state index in [2.05, 4.69) is 20.1 Å². The van der Waals surface area contributed by atoms with Crippen LogP contribution < -0.4 is 15.1 Å². The molecule has 160 valence electrons. The normalized spacial score (nSPS) is 17.2. The second-order valence-corrected chi connectivity index (χ2v) is 7.75. The summed E-state index contributed by atoms with van der Waals surface area (Å²) in [5.41, 5.74) is 1.16. The van der Waals surface area contributed by atoms with Gasteiger partial charge in [-0.3, -0.25) is 0 Å². The van der Waals surface area contributed by atoms with Crippen LogP contribution in [0.5, 0.6) is 0 Å². The van der Waals surface area contributed by atoms with E-state index >= 15 is 0 Å². The molecule has 0 radical (unpaired) electrons. The van der Waals surface area contributed by atoms with Crippen molar-refractivity contribution in [3.05, 3.63) is 41.6 Å². The van der Waals surface area contributed by atoms with E-state index in [1.54, 1.807) is 4.90 Å². The van der Waals surface area contributed by atoms with Gasteiger partial charge in [0.1, 0.15) is 5.82 Å². The molecule has 2 aliphatic rings. The number of piperidine rings is 1. The number of nitrogens with one attached hydrogen (secondary N) is 1. The van der Waals surface area contributed by atoms with Crippen molar-refractivity contribution < 1.29 is 13.6 Å². The van der Waals surface area contributed by atoms with Gasteiger partial charge in [0.25, 0.3) is 0 Å². The number of piperazine rings is 1. The van der Waals surface area contributed by atoms with E-state index in [0.717, 1.165) is 36.7 Å². The van der Waals surface area contributed by atoms with Gasteiger partial charge in [-0.1, -0.05) is 0 Å². The minimum Gasteiger partial charge on any atom is -0.356 e. The van der Waals surface area contributed by atoms with Crippen molar-refractivity contribution in [3.63, 3.8) is 0 Å². The molecule has 2 saturated heterocycles. The predicted octanol–water partition coefficient (Wildman–Crippen LogP) is 3.41. The van der Waals surface area contributed by atoms with Gasteiger partial charge in [0.05, 0.1) is 0 Å². The molecule has 1 aromatic carbocycles. The fraction of sp³-hybridized carbons (Fsp3) is 0.476. The largest absolute Gasteiger partial charge is 0.356 e. The molecule has 2 aromatic rings. The number of halogens is 2. The highest BCUT2D eigenvalue weighted by atomic mass is 19.2. The van der Waals surface area contributed by atoms with Gasteiger partial charge in [0.15, 0.2) is 11.6 Å². The van der Waals surface area contributed by atoms with Gasteiger partial charge in [-0.05, 0) is 38.3 Å². The Bertz CT molecular complexity index is 910. The van der Waals surface area contributed by atoms with Gasteiger partial charge in [0.2, 0.25) is 5.95 Å². The molecule has 0 spiro atoms. The molecule has 0 aliphatic carbocycles. The lowest BCUT2D eigenvalue weighted by Crippen LogP contribution is -2.50. The van der Waals surface area contributed by atoms with Crippen LogP contribution in [0.1, 0.15) is 25.0 Å². The Morgan fingerprint density at radius 3 is 2.33 bits per heavy atom. The predicted molar refractivity (Wildman–Crippen MR) is 112 cm³/mol. The fourth-order valence-corrected chi connectivity index (χ4v) is 3.85. The fourth-order valence-electron chi connectivity index (χ4n) is 3.85. The third kappa shape index (κ3) is 4.60. The van der Waals surface area contributed by atoms with Crippen LogP contribution in [0.2, 0.25) is 0 Å². The highest BCUT2D eigenvalue weighted by Crippen LogP contribution is 2.22. The maximum Gasteiger partial charge on any atom is 0.321 e. The topological polar surface area (TPSA) is 64.6 Å². The third-order valence-corrected chi connectivity index (χ3v) is 5.53. The van der Waals surface area contributed by atoms with E-state index in [1.807, 2.05) is 13.0 Å². The summed E-state index contributed by atoms with van der Waals surface area (Å²) in [5, 5.41) is 2.62. The minimum absolute atomic E-state index is 0.231. The molecular formula is C21H26F2N6O. The van der Waals surface area contributed by atoms with E-state index in [1.165, 1.54) is 25.3 Å². The van der Waals surface area contributed by atoms with E-state index < -0.39 is 11.6 Å². The van der Waals surface area contributed by atoms with Gasteiger partial charge < -0.3 is 20.0 Å². The van der Waals surface area contributed by atoms with Crippen LogP contribution in [-0.2, 0) is 0 Å². The summed E-state index contributed by atoms with van der Waals surface area (Å²) in [6.07, 6.45) is 3.64. The first-order valence-electron chi connectivity index (χ1n) is 10.4. The lowest BCUT2D eigenvalue weighted by molar-refractivity contribution is 0.208. The summed E-state index contributed by atoms with van der Waals surface area (Å²) in [7, 11) is 0. The second kappa shape index (κ2) is 8.81. The monoisotopic (exact) mass is 416 g/mol. The first-order valence-corrected chi connectivity index (χ1v) is 10.4. The molecule has 4 rings (SSSR count). The zero-order valence-corrected chi connectivity index (χ0v) is 17.1. The van der Waals surface area contributed by atoms with Crippen LogP contribution >= 0.6 is 0 Å². The maximum atomic E-state index is 13.3. The molecule has 2 amide bonds. The van der Waals surface area contributed by atoms with Crippen molar-refractivity contribution in [3.8, 4) is 0 Å². The molecular weight excluding hydrogens is 390 g/mol. The van der Waals surface area contributed by atoms with Crippen molar-refractivity contribution >= 4 is 23.5 Å². The summed E-state index contributed by atoms with van der Waals surface area (Å²) >= 11 is 0. The molecule has 3 heterocycles. The Labute approximate surface area is 174 Å². The standard InChI is InChI=1S/C21H26F2N6O/c1-15-13-19(27-7-3-2-4-8-27)26-20(24-15)28-9-11-29(12-10-28)21(30)25-16-5-6-17(22)18(23)14-16/h5-6,13-14H,2-4,7-12H2,1H3,(H,25,30). The molecule has 1 aromatic heterocycles. The Hall–Kier alpha value is -2.97. The van der Waals surface area contributed by atoms with Crippen LogP contribution in [0.15, 0.2) is 24.3 Å². The van der Waals surface area contributed by atoms with Crippen molar-refractivity contribution in [2.45, 2.75) is 26.2 Å². The number of aromatic nitrogens is 2. The van der Waals surface area contributed by atoms with Gasteiger partial charge in [-0.25, -0.2) is 18.6 Å². The number of carbonyl (C=O) groups excluding carboxylic acids is 1. The third-order valence-electron chi connectivity index (χ3n) is 5.53. The number of hydrogen-bond donors (Lipinski definition) is 1. The zero-order chi connectivity index (χ0) is 21.1. The van der Waals surface area contributed by atoms with E-state index in [-0.39, 0.29) is 11.7 Å². The maximum absolute atomic E-state index is 13.3. The van der Waals surface area contributed by atoms with Crippen LogP contribution in [0, 0.1) is 18.6 Å². The highest BCUT2D eigenvalue weighted by Gasteiger charge is 2.24. The lowest BCUT2D eigenvalue weighted by Gasteiger charge is -2.35. The number of urea groups is 1. The zero-order valence-electron chi connectivity index (χ0n) is 17.1. The van der Waals surface area contributed by atoms with E-state index in [4.69, 9.17) is 4.98 Å². The Kier molecular flexibility index (Phi) is 5.96. The van der Waals surface area contributed by atoms with Crippen molar-refractivity contribution in [1.82, 2.24) is 14.9 Å². The average molecular weight is 416 g/mol. The summed E-state index contributed by atoms with van der Waals surface area (Å²) in [4.78, 5) is 27.9. The number of aryl methyl sites for hydroxylation is 1. The Morgan fingerprint density at radius 1 is 0.900 bits per heavy atom. The first kappa shape index (κ1) is 20.3. The molecule has 9 heteroatoms. The van der Waals surface area contributed by atoms with Crippen molar-refractivity contribution in [2.75, 3.05) is 54.4 Å². The molecule has 30 heavy (non-hydrogen) atoms. The van der Waals surface area contributed by atoms with Crippen LogP contribution in [-0.4, -0.2) is 60.2 Å². The molecule has 0 atom stereocenters. The lowest BCUT2D eigenvalue weighted by atomic mass is 10.1. The summed E-state index contributed by atoms with van der Waals surface area (Å²) in [5.74, 6) is -0.269. The Balaban J connectivity index is 1.37. The van der Waals surface area contributed by atoms with Gasteiger partial charge >= 0.3 is 6.03 Å². The number of benzene rings is 1. The molecule has 1 N–H and O–H groups in total. The van der Waals surface area contributed by atoms with E-state index in [9.17, 15) is 13.6 Å². The SMILES string of the molecule is Cc1cc(N2CCCCC2)nc(N2CCN(C(=O)Nc3ccc(F)c(F)c3)CC2)n1. The Morgan fingerprint density at radius 2 is 1.63 bits per heavy atom. The number of anilines is 3. The highest BCUT2D eigenvalue weighted by molar-refractivity contribution is 5.89. The molecule has 2 fully saturated rings. The second-order valence-electron chi connectivity index (χ2n) is 7.75. The first-order chi connectivity index (χ1) is 14.5. The molecule has 0 unspecified atom stereocenters. The van der Waals surface area contributed by atoms with Crippen LogP contribution in [0.25, 0.3) is 0 Å². The molecule has 0 bridgehead atoms. The van der Waals surface area contributed by atoms with Gasteiger partial charge in [-0.15, -0.1) is 0 Å². The van der Waals surface area contributed by atoms with Gasteiger partial charge in [0, 0.05) is 62.8 Å². The molecule has 2 aliphatic heterocycles. The number of rotatable bonds is 3. The number of hydrogen-bond acceptors (Lipinski definition) is 5. The van der Waals surface area contributed by atoms with E-state index in [0.29, 0.717) is 32.1 Å². The smallest absolute Gasteiger partial charge is 0.321 e. The summed E-state index contributed by atoms with van der Waals surface area (Å²) in [6.45, 7) is 6.21. The van der Waals surface area contributed by atoms with Gasteiger partial charge in [-0.2, -0.15) is 4.98 Å². The van der Waals surface area contributed by atoms with Crippen LogP contribution in [0.3, 0.4) is 0 Å². The van der Waals surface area contributed by atoms with Crippen LogP contribution in [0.4, 0.5) is 31.0 Å². The quantitative estimate of drug-likeness (QED) is 0.831. The summed E-state index contributed by atoms with van der Waals surface area (Å²) < 4.78 is 26.4. The molecule has 7 nitrogen and oxygen atoms in total. The number of amides is 2. The number of carbonyl (C=O) groups is 1. The average Bonchev–Trinajstić information content (AvgIpc) is 2.76. The van der Waals surface area contributed by atoms with Crippen molar-refractivity contribution in [1.29, 1.82) is 0 Å². The summed E-state index contributed by atoms with van der Waals surface area (Å²) in [6, 6.07) is 5.01. The number of nitrogens with zero attached hydrogens (tertiary/aromatic N) is 5.